The molecule has 2 heterocycles. The van der Waals surface area contributed by atoms with Gasteiger partial charge in [0.15, 0.2) is 6.23 Å². The van der Waals surface area contributed by atoms with E-state index < -0.39 is 42.4 Å². The average Bonchev–Trinajstić information content (AvgIpc) is 2.90. The quantitative estimate of drug-likeness (QED) is 0.640. The Kier molecular flexibility index (Phi) is 5.38. The van der Waals surface area contributed by atoms with Crippen molar-refractivity contribution in [2.24, 2.45) is 0 Å². The average molecular weight is 362 g/mol. The van der Waals surface area contributed by atoms with Crippen molar-refractivity contribution in [3.8, 4) is 0 Å². The predicted molar refractivity (Wildman–Crippen MR) is 92.9 cm³/mol. The van der Waals surface area contributed by atoms with Crippen LogP contribution in [0.5, 0.6) is 0 Å². The molecule has 0 saturated carbocycles. The largest absolute Gasteiger partial charge is 0.394 e. The van der Waals surface area contributed by atoms with E-state index in [9.17, 15) is 24.9 Å². The second-order valence-electron chi connectivity index (χ2n) is 6.46. The summed E-state index contributed by atoms with van der Waals surface area (Å²) in [6, 6.07) is 9.00. The normalized spacial score (nSPS) is 25.5. The van der Waals surface area contributed by atoms with Crippen LogP contribution >= 0.6 is 0 Å². The zero-order chi connectivity index (χ0) is 18.8. The van der Waals surface area contributed by atoms with Gasteiger partial charge in [-0.15, -0.1) is 0 Å². The van der Waals surface area contributed by atoms with E-state index in [2.05, 4.69) is 0 Å². The highest BCUT2D eigenvalue weighted by Gasteiger charge is 2.43. The minimum atomic E-state index is -1.38. The number of aryl methyl sites for hydroxylation is 2. The molecule has 26 heavy (non-hydrogen) atoms. The van der Waals surface area contributed by atoms with Crippen LogP contribution in [0.4, 0.5) is 0 Å². The highest BCUT2D eigenvalue weighted by molar-refractivity contribution is 5.22. The zero-order valence-electron chi connectivity index (χ0n) is 14.4. The SMILES string of the molecule is Cc1cccc(CCn2c(=O)ccn([C@@H]3O[C@H](CO)[C@H](O)C3O)c2=O)c1. The van der Waals surface area contributed by atoms with Gasteiger partial charge in [0.1, 0.15) is 18.3 Å². The molecular weight excluding hydrogens is 340 g/mol. The number of hydrogen-bond acceptors (Lipinski definition) is 6. The number of aliphatic hydroxyl groups is 3. The minimum absolute atomic E-state index is 0.177. The van der Waals surface area contributed by atoms with Crippen molar-refractivity contribution in [1.82, 2.24) is 9.13 Å². The van der Waals surface area contributed by atoms with E-state index in [4.69, 9.17) is 4.74 Å². The fourth-order valence-electron chi connectivity index (χ4n) is 3.15. The third-order valence-electron chi connectivity index (χ3n) is 4.59. The van der Waals surface area contributed by atoms with Crippen LogP contribution in [0.3, 0.4) is 0 Å². The Morgan fingerprint density at radius 2 is 1.92 bits per heavy atom. The maximum absolute atomic E-state index is 12.7. The molecule has 1 aromatic carbocycles. The molecule has 1 saturated heterocycles. The molecule has 8 nitrogen and oxygen atoms in total. The zero-order valence-corrected chi connectivity index (χ0v) is 14.4. The lowest BCUT2D eigenvalue weighted by molar-refractivity contribution is -0.0556. The van der Waals surface area contributed by atoms with Crippen LogP contribution in [0, 0.1) is 6.92 Å². The molecule has 3 N–H and O–H groups in total. The maximum atomic E-state index is 12.7. The molecule has 0 spiro atoms. The Hall–Kier alpha value is -2.26. The minimum Gasteiger partial charge on any atom is -0.394 e. The monoisotopic (exact) mass is 362 g/mol. The van der Waals surface area contributed by atoms with E-state index >= 15 is 0 Å². The topological polar surface area (TPSA) is 114 Å². The summed E-state index contributed by atoms with van der Waals surface area (Å²) >= 11 is 0. The van der Waals surface area contributed by atoms with Crippen molar-refractivity contribution in [3.05, 3.63) is 68.5 Å². The standard InChI is InChI=1S/C18H22N2O6/c1-11-3-2-4-12(9-11)5-7-19-14(22)6-8-20(18(19)25)17-16(24)15(23)13(10-21)26-17/h2-4,6,8-9,13,15-17,21,23-24H,5,7,10H2,1H3/t13-,15+,16?,17-/m1/s1. The molecule has 0 amide bonds. The van der Waals surface area contributed by atoms with E-state index in [1.54, 1.807) is 0 Å². The van der Waals surface area contributed by atoms with Crippen LogP contribution in [-0.2, 0) is 17.7 Å². The molecule has 1 aromatic heterocycles. The number of aromatic nitrogens is 2. The van der Waals surface area contributed by atoms with Crippen molar-refractivity contribution in [3.63, 3.8) is 0 Å². The summed E-state index contributed by atoms with van der Waals surface area (Å²) in [7, 11) is 0. The van der Waals surface area contributed by atoms with Crippen molar-refractivity contribution in [2.75, 3.05) is 6.61 Å². The molecule has 0 bridgehead atoms. The fraction of sp³-hybridized carbons (Fsp3) is 0.444. The lowest BCUT2D eigenvalue weighted by Gasteiger charge is -2.18. The summed E-state index contributed by atoms with van der Waals surface area (Å²) < 4.78 is 7.51. The van der Waals surface area contributed by atoms with E-state index in [1.807, 2.05) is 31.2 Å². The summed E-state index contributed by atoms with van der Waals surface area (Å²) in [4.78, 5) is 24.8. The highest BCUT2D eigenvalue weighted by atomic mass is 16.6. The van der Waals surface area contributed by atoms with E-state index in [0.29, 0.717) is 6.42 Å². The van der Waals surface area contributed by atoms with Gasteiger partial charge in [-0.1, -0.05) is 29.8 Å². The number of nitrogens with zero attached hydrogens (tertiary/aromatic N) is 2. The summed E-state index contributed by atoms with van der Waals surface area (Å²) in [6.45, 7) is 1.65. The molecule has 1 aliphatic rings. The molecule has 3 rings (SSSR count). The highest BCUT2D eigenvalue weighted by Crippen LogP contribution is 2.27. The van der Waals surface area contributed by atoms with Gasteiger partial charge in [-0.25, -0.2) is 4.79 Å². The molecule has 1 fully saturated rings. The van der Waals surface area contributed by atoms with E-state index in [-0.39, 0.29) is 6.54 Å². The van der Waals surface area contributed by atoms with Crippen molar-refractivity contribution in [2.45, 2.75) is 44.4 Å². The Balaban J connectivity index is 1.87. The molecule has 8 heteroatoms. The molecule has 1 aliphatic heterocycles. The van der Waals surface area contributed by atoms with Gasteiger partial charge in [0, 0.05) is 18.8 Å². The van der Waals surface area contributed by atoms with Gasteiger partial charge in [-0.05, 0) is 18.9 Å². The van der Waals surface area contributed by atoms with Gasteiger partial charge >= 0.3 is 5.69 Å². The third kappa shape index (κ3) is 3.49. The van der Waals surface area contributed by atoms with Crippen LogP contribution in [0.1, 0.15) is 17.4 Å². The summed E-state index contributed by atoms with van der Waals surface area (Å²) in [5.74, 6) is 0. The number of aliphatic hydroxyl groups excluding tert-OH is 3. The Morgan fingerprint density at radius 1 is 1.15 bits per heavy atom. The number of ether oxygens (including phenoxy) is 1. The Morgan fingerprint density at radius 3 is 2.58 bits per heavy atom. The molecule has 140 valence electrons. The van der Waals surface area contributed by atoms with Gasteiger partial charge in [-0.2, -0.15) is 0 Å². The van der Waals surface area contributed by atoms with Gasteiger partial charge in [-0.3, -0.25) is 13.9 Å². The van der Waals surface area contributed by atoms with Crippen LogP contribution in [0.2, 0.25) is 0 Å². The van der Waals surface area contributed by atoms with Crippen LogP contribution in [0.25, 0.3) is 0 Å². The molecular formula is C18H22N2O6. The summed E-state index contributed by atoms with van der Waals surface area (Å²) in [5.41, 5.74) is 0.997. The molecule has 2 aromatic rings. The van der Waals surface area contributed by atoms with Gasteiger partial charge < -0.3 is 20.1 Å². The second-order valence-corrected chi connectivity index (χ2v) is 6.46. The first-order valence-corrected chi connectivity index (χ1v) is 8.42. The van der Waals surface area contributed by atoms with E-state index in [0.717, 1.165) is 20.3 Å². The molecule has 4 atom stereocenters. The van der Waals surface area contributed by atoms with Crippen molar-refractivity contribution < 1.29 is 20.1 Å². The summed E-state index contributed by atoms with van der Waals surface area (Å²) in [6.07, 6.45) is -3.13. The Bertz CT molecular complexity index is 890. The number of rotatable bonds is 5. The smallest absolute Gasteiger partial charge is 0.333 e. The van der Waals surface area contributed by atoms with Gasteiger partial charge in [0.25, 0.3) is 5.56 Å². The summed E-state index contributed by atoms with van der Waals surface area (Å²) in [5, 5.41) is 29.1. The lowest BCUT2D eigenvalue weighted by Crippen LogP contribution is -2.43. The number of benzene rings is 1. The first kappa shape index (κ1) is 18.5. The third-order valence-corrected chi connectivity index (χ3v) is 4.59. The van der Waals surface area contributed by atoms with Crippen LogP contribution in [0.15, 0.2) is 46.1 Å². The number of hydrogen-bond donors (Lipinski definition) is 3. The van der Waals surface area contributed by atoms with Crippen LogP contribution < -0.4 is 11.2 Å². The Labute approximate surface area is 149 Å². The predicted octanol–water partition coefficient (Wildman–Crippen LogP) is -0.827. The van der Waals surface area contributed by atoms with Gasteiger partial charge in [0.2, 0.25) is 0 Å². The fourth-order valence-corrected chi connectivity index (χ4v) is 3.15. The van der Waals surface area contributed by atoms with Crippen molar-refractivity contribution in [1.29, 1.82) is 0 Å². The lowest BCUT2D eigenvalue weighted by atomic mass is 10.1. The van der Waals surface area contributed by atoms with Crippen LogP contribution in [-0.4, -0.2) is 49.4 Å². The maximum Gasteiger partial charge on any atom is 0.333 e. The van der Waals surface area contributed by atoms with Gasteiger partial charge in [0.05, 0.1) is 6.61 Å². The molecule has 0 aliphatic carbocycles. The molecule has 1 unspecified atom stereocenters. The van der Waals surface area contributed by atoms with E-state index in [1.165, 1.54) is 12.3 Å². The molecule has 0 radical (unpaired) electrons. The first-order chi connectivity index (χ1) is 12.4. The second kappa shape index (κ2) is 7.55. The van der Waals surface area contributed by atoms with Crippen molar-refractivity contribution >= 4 is 0 Å². The first-order valence-electron chi connectivity index (χ1n) is 8.42.